The molecule has 0 aliphatic rings. The van der Waals surface area contributed by atoms with Crippen molar-refractivity contribution in [2.75, 3.05) is 6.54 Å². The molecule has 0 radical (unpaired) electrons. The summed E-state index contributed by atoms with van der Waals surface area (Å²) in [5, 5.41) is 9.15. The lowest BCUT2D eigenvalue weighted by Gasteiger charge is -2.01. The van der Waals surface area contributed by atoms with Gasteiger partial charge in [0.25, 0.3) is 5.91 Å². The van der Waals surface area contributed by atoms with Crippen molar-refractivity contribution in [3.8, 4) is 0 Å². The van der Waals surface area contributed by atoms with Crippen LogP contribution in [0.25, 0.3) is 0 Å². The van der Waals surface area contributed by atoms with Crippen molar-refractivity contribution in [2.45, 2.75) is 19.8 Å². The zero-order chi connectivity index (χ0) is 9.68. The van der Waals surface area contributed by atoms with E-state index in [2.05, 4.69) is 38.4 Å². The van der Waals surface area contributed by atoms with Crippen LogP contribution in [0.4, 0.5) is 0 Å². The fraction of sp³-hybridized carbons (Fsp3) is 0.500. The highest BCUT2D eigenvalue weighted by Crippen LogP contribution is 2.11. The van der Waals surface area contributed by atoms with Gasteiger partial charge in [-0.1, -0.05) is 13.3 Å². The quantitative estimate of drug-likeness (QED) is 0.794. The Balaban J connectivity index is 2.45. The Bertz CT molecular complexity index is 285. The first kappa shape index (κ1) is 10.2. The van der Waals surface area contributed by atoms with E-state index in [-0.39, 0.29) is 5.91 Å². The standard InChI is InChI=1S/C8H12BrN3O/c1-2-3-4-10-8(13)7-6(9)5-11-12-7/h5H,2-4H2,1H3,(H,10,13)(H,11,12). The fourth-order valence-electron chi connectivity index (χ4n) is 0.898. The third kappa shape index (κ3) is 2.84. The molecule has 0 aliphatic heterocycles. The summed E-state index contributed by atoms with van der Waals surface area (Å²) >= 11 is 3.22. The van der Waals surface area contributed by atoms with Crippen molar-refractivity contribution in [1.29, 1.82) is 0 Å². The average molecular weight is 246 g/mol. The normalized spacial score (nSPS) is 10.0. The van der Waals surface area contributed by atoms with Crippen molar-refractivity contribution in [1.82, 2.24) is 15.5 Å². The Morgan fingerprint density at radius 1 is 1.77 bits per heavy atom. The molecule has 1 heterocycles. The number of aromatic nitrogens is 2. The van der Waals surface area contributed by atoms with Crippen LogP contribution in [0.2, 0.25) is 0 Å². The maximum Gasteiger partial charge on any atom is 0.270 e. The highest BCUT2D eigenvalue weighted by Gasteiger charge is 2.10. The summed E-state index contributed by atoms with van der Waals surface area (Å²) in [5.74, 6) is -0.113. The molecule has 0 aromatic carbocycles. The monoisotopic (exact) mass is 245 g/mol. The van der Waals surface area contributed by atoms with Gasteiger partial charge in [-0.05, 0) is 22.4 Å². The molecule has 0 bridgehead atoms. The van der Waals surface area contributed by atoms with E-state index in [1.807, 2.05) is 0 Å². The van der Waals surface area contributed by atoms with Gasteiger partial charge in [-0.15, -0.1) is 0 Å². The van der Waals surface area contributed by atoms with E-state index in [0.717, 1.165) is 12.8 Å². The molecule has 0 fully saturated rings. The first-order chi connectivity index (χ1) is 6.25. The fourth-order valence-corrected chi connectivity index (χ4v) is 1.27. The molecule has 4 nitrogen and oxygen atoms in total. The number of carbonyl (C=O) groups excluding carboxylic acids is 1. The second-order valence-electron chi connectivity index (χ2n) is 2.70. The number of nitrogens with zero attached hydrogens (tertiary/aromatic N) is 1. The third-order valence-electron chi connectivity index (χ3n) is 1.64. The summed E-state index contributed by atoms with van der Waals surface area (Å²) in [6, 6.07) is 0. The van der Waals surface area contributed by atoms with Crippen molar-refractivity contribution in [3.05, 3.63) is 16.4 Å². The zero-order valence-corrected chi connectivity index (χ0v) is 9.02. The van der Waals surface area contributed by atoms with Gasteiger partial charge in [0.05, 0.1) is 10.7 Å². The van der Waals surface area contributed by atoms with Crippen molar-refractivity contribution in [2.24, 2.45) is 0 Å². The molecule has 13 heavy (non-hydrogen) atoms. The molecule has 1 rings (SSSR count). The number of hydrogen-bond acceptors (Lipinski definition) is 2. The Kier molecular flexibility index (Phi) is 3.95. The number of nitrogens with one attached hydrogen (secondary N) is 2. The van der Waals surface area contributed by atoms with Crippen LogP contribution in [0.5, 0.6) is 0 Å². The van der Waals surface area contributed by atoms with Gasteiger partial charge in [0, 0.05) is 6.54 Å². The van der Waals surface area contributed by atoms with Gasteiger partial charge >= 0.3 is 0 Å². The topological polar surface area (TPSA) is 57.8 Å². The molecule has 0 atom stereocenters. The molecular weight excluding hydrogens is 234 g/mol. The molecule has 72 valence electrons. The first-order valence-corrected chi connectivity index (χ1v) is 5.02. The predicted octanol–water partition coefficient (Wildman–Crippen LogP) is 1.70. The average Bonchev–Trinajstić information content (AvgIpc) is 2.52. The van der Waals surface area contributed by atoms with E-state index in [1.165, 1.54) is 0 Å². The van der Waals surface area contributed by atoms with Crippen LogP contribution < -0.4 is 5.32 Å². The number of H-pyrrole nitrogens is 1. The van der Waals surface area contributed by atoms with Crippen LogP contribution >= 0.6 is 15.9 Å². The van der Waals surface area contributed by atoms with Crippen molar-refractivity contribution < 1.29 is 4.79 Å². The van der Waals surface area contributed by atoms with E-state index in [9.17, 15) is 4.79 Å². The number of unbranched alkanes of at least 4 members (excludes halogenated alkanes) is 1. The van der Waals surface area contributed by atoms with Crippen LogP contribution in [0, 0.1) is 0 Å². The van der Waals surface area contributed by atoms with Crippen LogP contribution in [0.15, 0.2) is 10.7 Å². The summed E-state index contributed by atoms with van der Waals surface area (Å²) in [6.07, 6.45) is 3.64. The van der Waals surface area contributed by atoms with E-state index in [0.29, 0.717) is 16.7 Å². The number of hydrogen-bond donors (Lipinski definition) is 2. The minimum absolute atomic E-state index is 0.113. The minimum Gasteiger partial charge on any atom is -0.351 e. The van der Waals surface area contributed by atoms with Gasteiger partial charge < -0.3 is 5.32 Å². The molecule has 0 saturated carbocycles. The van der Waals surface area contributed by atoms with E-state index < -0.39 is 0 Å². The second-order valence-corrected chi connectivity index (χ2v) is 3.56. The van der Waals surface area contributed by atoms with Gasteiger partial charge in [-0.2, -0.15) is 5.10 Å². The molecule has 0 spiro atoms. The van der Waals surface area contributed by atoms with Crippen LogP contribution in [-0.2, 0) is 0 Å². The van der Waals surface area contributed by atoms with Crippen LogP contribution in [0.1, 0.15) is 30.3 Å². The van der Waals surface area contributed by atoms with Gasteiger partial charge in [-0.25, -0.2) is 0 Å². The molecule has 0 unspecified atom stereocenters. The number of aromatic amines is 1. The Morgan fingerprint density at radius 2 is 2.54 bits per heavy atom. The lowest BCUT2D eigenvalue weighted by Crippen LogP contribution is -2.24. The summed E-state index contributed by atoms with van der Waals surface area (Å²) < 4.78 is 0.696. The van der Waals surface area contributed by atoms with Crippen molar-refractivity contribution >= 4 is 21.8 Å². The molecule has 1 amide bonds. The lowest BCUT2D eigenvalue weighted by molar-refractivity contribution is 0.0947. The second kappa shape index (κ2) is 5.01. The predicted molar refractivity (Wildman–Crippen MR) is 53.5 cm³/mol. The molecule has 1 aromatic rings. The summed E-state index contributed by atoms with van der Waals surface area (Å²) in [5.41, 5.74) is 0.483. The Morgan fingerprint density at radius 3 is 3.08 bits per heavy atom. The highest BCUT2D eigenvalue weighted by atomic mass is 79.9. The zero-order valence-electron chi connectivity index (χ0n) is 7.43. The highest BCUT2D eigenvalue weighted by molar-refractivity contribution is 9.10. The van der Waals surface area contributed by atoms with E-state index >= 15 is 0 Å². The smallest absolute Gasteiger partial charge is 0.270 e. The van der Waals surface area contributed by atoms with Crippen molar-refractivity contribution in [3.63, 3.8) is 0 Å². The van der Waals surface area contributed by atoms with Crippen LogP contribution in [-0.4, -0.2) is 22.6 Å². The summed E-state index contributed by atoms with van der Waals surface area (Å²) in [4.78, 5) is 11.4. The lowest BCUT2D eigenvalue weighted by atomic mass is 10.3. The van der Waals surface area contributed by atoms with Gasteiger partial charge in [-0.3, -0.25) is 9.89 Å². The van der Waals surface area contributed by atoms with E-state index in [1.54, 1.807) is 6.20 Å². The first-order valence-electron chi connectivity index (χ1n) is 4.22. The molecule has 0 aliphatic carbocycles. The number of halogens is 1. The molecule has 2 N–H and O–H groups in total. The third-order valence-corrected chi connectivity index (χ3v) is 2.24. The molecule has 0 saturated heterocycles. The maximum atomic E-state index is 11.4. The Labute approximate surface area is 85.2 Å². The van der Waals surface area contributed by atoms with E-state index in [4.69, 9.17) is 0 Å². The molecule has 5 heteroatoms. The summed E-state index contributed by atoms with van der Waals surface area (Å²) in [6.45, 7) is 2.79. The number of carbonyl (C=O) groups is 1. The Hall–Kier alpha value is -0.840. The SMILES string of the molecule is CCCCNC(=O)c1[nH]ncc1Br. The molecule has 1 aromatic heterocycles. The number of amides is 1. The largest absolute Gasteiger partial charge is 0.351 e. The molecular formula is C8H12BrN3O. The summed E-state index contributed by atoms with van der Waals surface area (Å²) in [7, 11) is 0. The van der Waals surface area contributed by atoms with Gasteiger partial charge in [0.2, 0.25) is 0 Å². The van der Waals surface area contributed by atoms with Gasteiger partial charge in [0.15, 0.2) is 0 Å². The number of rotatable bonds is 4. The van der Waals surface area contributed by atoms with Gasteiger partial charge in [0.1, 0.15) is 5.69 Å². The maximum absolute atomic E-state index is 11.4. The minimum atomic E-state index is -0.113. The van der Waals surface area contributed by atoms with Crippen LogP contribution in [0.3, 0.4) is 0 Å².